The summed E-state index contributed by atoms with van der Waals surface area (Å²) in [5.41, 5.74) is 1.18. The maximum Gasteiger partial charge on any atom is 0.255 e. The summed E-state index contributed by atoms with van der Waals surface area (Å²) < 4.78 is 0. The molecule has 1 aliphatic rings. The minimum Gasteiger partial charge on any atom is -0.389 e. The average molecular weight is 263 g/mol. The van der Waals surface area contributed by atoms with Gasteiger partial charge in [-0.15, -0.1) is 0 Å². The number of pyridine rings is 1. The van der Waals surface area contributed by atoms with Crippen molar-refractivity contribution in [2.75, 3.05) is 13.1 Å². The number of aromatic nitrogens is 1. The quantitative estimate of drug-likeness (QED) is 0.768. The molecule has 1 aliphatic heterocycles. The Bertz CT molecular complexity index is 504. The molecule has 1 aromatic heterocycles. The van der Waals surface area contributed by atoms with Gasteiger partial charge in [0, 0.05) is 31.9 Å². The predicted octanol–water partition coefficient (Wildman–Crippen LogP) is -0.289. The molecule has 1 saturated heterocycles. The number of amides is 2. The van der Waals surface area contributed by atoms with Crippen LogP contribution in [0.3, 0.4) is 0 Å². The Morgan fingerprint density at radius 3 is 2.84 bits per heavy atom. The summed E-state index contributed by atoms with van der Waals surface area (Å²) in [5.74, 6) is -0.381. The molecule has 0 radical (unpaired) electrons. The van der Waals surface area contributed by atoms with Crippen LogP contribution in [-0.2, 0) is 4.79 Å². The van der Waals surface area contributed by atoms with E-state index in [0.717, 1.165) is 0 Å². The Morgan fingerprint density at radius 2 is 2.21 bits per heavy atom. The standard InChI is InChI=1S/C13H17N3O3/c1-8-10(4-3-5-14-8)13(19)16-6-11(12(18)7-16)15-9(2)17/h3-5,11-12,18H,6-7H2,1-2H3,(H,15,17)/t11-,12-/m1/s1. The molecular weight excluding hydrogens is 246 g/mol. The van der Waals surface area contributed by atoms with Gasteiger partial charge in [0.05, 0.1) is 17.7 Å². The first-order valence-electron chi connectivity index (χ1n) is 6.15. The van der Waals surface area contributed by atoms with Gasteiger partial charge in [-0.05, 0) is 19.1 Å². The molecule has 2 heterocycles. The normalized spacial score (nSPS) is 22.4. The zero-order chi connectivity index (χ0) is 14.0. The van der Waals surface area contributed by atoms with Crippen LogP contribution in [0.1, 0.15) is 23.0 Å². The molecule has 0 spiro atoms. The van der Waals surface area contributed by atoms with Crippen molar-refractivity contribution in [1.82, 2.24) is 15.2 Å². The van der Waals surface area contributed by atoms with E-state index in [9.17, 15) is 14.7 Å². The van der Waals surface area contributed by atoms with Crippen molar-refractivity contribution in [3.05, 3.63) is 29.6 Å². The second kappa shape index (κ2) is 5.36. The monoisotopic (exact) mass is 263 g/mol. The zero-order valence-corrected chi connectivity index (χ0v) is 11.0. The number of hydrogen-bond acceptors (Lipinski definition) is 4. The number of nitrogens with zero attached hydrogens (tertiary/aromatic N) is 2. The third kappa shape index (κ3) is 2.90. The lowest BCUT2D eigenvalue weighted by Crippen LogP contribution is -2.41. The molecule has 2 atom stereocenters. The topological polar surface area (TPSA) is 82.5 Å². The second-order valence-corrected chi connectivity index (χ2v) is 4.72. The molecule has 2 rings (SSSR count). The number of likely N-dealkylation sites (tertiary alicyclic amines) is 1. The minimum absolute atomic E-state index is 0.169. The summed E-state index contributed by atoms with van der Waals surface area (Å²) in [6.07, 6.45) is 0.898. The third-order valence-electron chi connectivity index (χ3n) is 3.20. The van der Waals surface area contributed by atoms with Crippen LogP contribution < -0.4 is 5.32 Å². The summed E-state index contributed by atoms with van der Waals surface area (Å²) in [4.78, 5) is 28.9. The number of hydrogen-bond donors (Lipinski definition) is 2. The largest absolute Gasteiger partial charge is 0.389 e. The predicted molar refractivity (Wildman–Crippen MR) is 68.5 cm³/mol. The molecule has 1 fully saturated rings. The van der Waals surface area contributed by atoms with E-state index in [0.29, 0.717) is 17.8 Å². The van der Waals surface area contributed by atoms with Crippen molar-refractivity contribution in [2.24, 2.45) is 0 Å². The maximum atomic E-state index is 12.3. The minimum atomic E-state index is -0.732. The van der Waals surface area contributed by atoms with E-state index in [1.54, 1.807) is 25.3 Å². The van der Waals surface area contributed by atoms with Gasteiger partial charge in [-0.2, -0.15) is 0 Å². The van der Waals surface area contributed by atoms with E-state index in [1.807, 2.05) is 0 Å². The van der Waals surface area contributed by atoms with Gasteiger partial charge in [0.15, 0.2) is 0 Å². The summed E-state index contributed by atoms with van der Waals surface area (Å²) in [6.45, 7) is 3.69. The van der Waals surface area contributed by atoms with Crippen LogP contribution in [-0.4, -0.2) is 52.0 Å². The fraction of sp³-hybridized carbons (Fsp3) is 0.462. The highest BCUT2D eigenvalue weighted by molar-refractivity contribution is 5.95. The Labute approximate surface area is 111 Å². The Morgan fingerprint density at radius 1 is 1.47 bits per heavy atom. The van der Waals surface area contributed by atoms with E-state index < -0.39 is 12.1 Å². The number of rotatable bonds is 2. The van der Waals surface area contributed by atoms with Crippen LogP contribution in [0.5, 0.6) is 0 Å². The number of carbonyl (C=O) groups is 2. The maximum absolute atomic E-state index is 12.3. The highest BCUT2D eigenvalue weighted by Gasteiger charge is 2.35. The Hall–Kier alpha value is -1.95. The summed E-state index contributed by atoms with van der Waals surface area (Å²) >= 11 is 0. The number of β-amino-alcohol motifs (C(OH)–C–C–N with tert-alkyl or cyclic N) is 1. The van der Waals surface area contributed by atoms with E-state index in [1.165, 1.54) is 11.8 Å². The summed E-state index contributed by atoms with van der Waals surface area (Å²) in [5, 5.41) is 12.5. The molecule has 0 aromatic carbocycles. The summed E-state index contributed by atoms with van der Waals surface area (Å²) in [6, 6.07) is 3.01. The molecule has 19 heavy (non-hydrogen) atoms. The number of aliphatic hydroxyl groups excluding tert-OH is 1. The van der Waals surface area contributed by atoms with E-state index in [4.69, 9.17) is 0 Å². The van der Waals surface area contributed by atoms with Crippen LogP contribution in [0, 0.1) is 6.92 Å². The highest BCUT2D eigenvalue weighted by atomic mass is 16.3. The first kappa shape index (κ1) is 13.5. The molecule has 102 valence electrons. The smallest absolute Gasteiger partial charge is 0.255 e. The van der Waals surface area contributed by atoms with Crippen LogP contribution in [0.15, 0.2) is 18.3 Å². The Kier molecular flexibility index (Phi) is 3.80. The second-order valence-electron chi connectivity index (χ2n) is 4.72. The molecule has 0 saturated carbocycles. The number of carbonyl (C=O) groups excluding carboxylic acids is 2. The van der Waals surface area contributed by atoms with Gasteiger partial charge in [0.2, 0.25) is 5.91 Å². The number of nitrogens with one attached hydrogen (secondary N) is 1. The van der Waals surface area contributed by atoms with E-state index in [2.05, 4.69) is 10.3 Å². The highest BCUT2D eigenvalue weighted by Crippen LogP contribution is 2.15. The lowest BCUT2D eigenvalue weighted by molar-refractivity contribution is -0.120. The van der Waals surface area contributed by atoms with Crippen LogP contribution in [0.2, 0.25) is 0 Å². The van der Waals surface area contributed by atoms with Gasteiger partial charge in [-0.1, -0.05) is 0 Å². The SMILES string of the molecule is CC(=O)N[C@@H]1CN(C(=O)c2cccnc2C)C[C@H]1O. The lowest BCUT2D eigenvalue weighted by atomic mass is 10.2. The van der Waals surface area contributed by atoms with Crippen LogP contribution in [0.4, 0.5) is 0 Å². The van der Waals surface area contributed by atoms with E-state index >= 15 is 0 Å². The van der Waals surface area contributed by atoms with Crippen molar-refractivity contribution >= 4 is 11.8 Å². The number of aryl methyl sites for hydroxylation is 1. The lowest BCUT2D eigenvalue weighted by Gasteiger charge is -2.17. The van der Waals surface area contributed by atoms with E-state index in [-0.39, 0.29) is 18.4 Å². The van der Waals surface area contributed by atoms with Gasteiger partial charge < -0.3 is 15.3 Å². The molecule has 1 aromatic rings. The van der Waals surface area contributed by atoms with Crippen molar-refractivity contribution < 1.29 is 14.7 Å². The first-order valence-corrected chi connectivity index (χ1v) is 6.15. The average Bonchev–Trinajstić information content (AvgIpc) is 2.70. The van der Waals surface area contributed by atoms with Crippen molar-refractivity contribution in [1.29, 1.82) is 0 Å². The fourth-order valence-corrected chi connectivity index (χ4v) is 2.24. The van der Waals surface area contributed by atoms with Gasteiger partial charge in [-0.25, -0.2) is 0 Å². The molecule has 6 nitrogen and oxygen atoms in total. The first-order chi connectivity index (χ1) is 8.99. The molecule has 0 unspecified atom stereocenters. The summed E-state index contributed by atoms with van der Waals surface area (Å²) in [7, 11) is 0. The van der Waals surface area contributed by atoms with Crippen molar-refractivity contribution in [3.63, 3.8) is 0 Å². The van der Waals surface area contributed by atoms with Crippen molar-refractivity contribution in [3.8, 4) is 0 Å². The molecule has 0 aliphatic carbocycles. The molecule has 2 N–H and O–H groups in total. The van der Waals surface area contributed by atoms with Gasteiger partial charge in [0.1, 0.15) is 0 Å². The van der Waals surface area contributed by atoms with Crippen molar-refractivity contribution in [2.45, 2.75) is 26.0 Å². The van der Waals surface area contributed by atoms with Gasteiger partial charge in [0.25, 0.3) is 5.91 Å². The molecule has 2 amide bonds. The Balaban J connectivity index is 2.10. The van der Waals surface area contributed by atoms with Gasteiger partial charge >= 0.3 is 0 Å². The van der Waals surface area contributed by atoms with Gasteiger partial charge in [-0.3, -0.25) is 14.6 Å². The fourth-order valence-electron chi connectivity index (χ4n) is 2.24. The van der Waals surface area contributed by atoms with Crippen LogP contribution >= 0.6 is 0 Å². The molecular formula is C13H17N3O3. The third-order valence-corrected chi connectivity index (χ3v) is 3.20. The number of aliphatic hydroxyl groups is 1. The molecule has 0 bridgehead atoms. The molecule has 6 heteroatoms. The zero-order valence-electron chi connectivity index (χ0n) is 11.0. The van der Waals surface area contributed by atoms with Crippen LogP contribution in [0.25, 0.3) is 0 Å².